The molecule has 2 aromatic rings. The fourth-order valence-electron chi connectivity index (χ4n) is 1.60. The van der Waals surface area contributed by atoms with E-state index in [0.29, 0.717) is 0 Å². The van der Waals surface area contributed by atoms with E-state index in [-0.39, 0.29) is 11.1 Å². The third kappa shape index (κ3) is 2.76. The predicted octanol–water partition coefficient (Wildman–Crippen LogP) is 0.761. The molecule has 1 aromatic carbocycles. The van der Waals surface area contributed by atoms with Crippen LogP contribution in [0.4, 0.5) is 0 Å². The van der Waals surface area contributed by atoms with Gasteiger partial charge in [0.2, 0.25) is 0 Å². The number of methoxy groups -OCH3 is 1. The van der Waals surface area contributed by atoms with Gasteiger partial charge in [0.05, 0.1) is 13.7 Å². The van der Waals surface area contributed by atoms with Crippen LogP contribution in [-0.4, -0.2) is 21.5 Å². The summed E-state index contributed by atoms with van der Waals surface area (Å²) in [6.45, 7) is 0.287. The molecule has 0 aliphatic carbocycles. The van der Waals surface area contributed by atoms with Gasteiger partial charge in [0, 0.05) is 7.05 Å². The lowest BCUT2D eigenvalue weighted by molar-refractivity contribution is 0.414. The maximum absolute atomic E-state index is 11.9. The molecule has 2 rings (SSSR count). The minimum atomic E-state index is -0.455. The van der Waals surface area contributed by atoms with Crippen LogP contribution in [0.1, 0.15) is 5.56 Å². The van der Waals surface area contributed by atoms with E-state index in [2.05, 4.69) is 21.0 Å². The third-order valence-electron chi connectivity index (χ3n) is 2.69. The van der Waals surface area contributed by atoms with Crippen LogP contribution in [0.3, 0.4) is 0 Å². The Bertz CT molecular complexity index is 704. The second-order valence-electron chi connectivity index (χ2n) is 3.94. The molecule has 100 valence electrons. The third-order valence-corrected chi connectivity index (χ3v) is 3.19. The quantitative estimate of drug-likeness (QED) is 0.835. The molecule has 0 saturated heterocycles. The fraction of sp³-hybridized carbons (Fsp3) is 0.250. The molecule has 1 aromatic heterocycles. The highest BCUT2D eigenvalue weighted by atomic mass is 79.9. The summed E-state index contributed by atoms with van der Waals surface area (Å²) in [5.74, 6) is 0.741. The Morgan fingerprint density at radius 2 is 1.89 bits per heavy atom. The lowest BCUT2D eigenvalue weighted by Crippen LogP contribution is -2.40. The summed E-state index contributed by atoms with van der Waals surface area (Å²) in [7, 11) is 3.01. The second kappa shape index (κ2) is 5.40. The van der Waals surface area contributed by atoms with Gasteiger partial charge in [-0.25, -0.2) is 9.48 Å². The Morgan fingerprint density at radius 3 is 2.47 bits per heavy atom. The van der Waals surface area contributed by atoms with Crippen molar-refractivity contribution in [1.29, 1.82) is 0 Å². The summed E-state index contributed by atoms with van der Waals surface area (Å²) in [5, 5.41) is 3.93. The van der Waals surface area contributed by atoms with Gasteiger partial charge in [-0.2, -0.15) is 5.10 Å². The molecule has 0 amide bonds. The van der Waals surface area contributed by atoms with E-state index in [1.54, 1.807) is 19.2 Å². The standard InChI is InChI=1S/C12H12BrN3O3/c1-15-11(17)10(13)14-16(12(15)18)7-8-3-5-9(19-2)6-4-8/h3-6H,7H2,1-2H3. The summed E-state index contributed by atoms with van der Waals surface area (Å²) < 4.78 is 7.42. The molecule has 1 heterocycles. The first kappa shape index (κ1) is 13.5. The zero-order valence-corrected chi connectivity index (χ0v) is 12.0. The number of nitrogens with zero attached hydrogens (tertiary/aromatic N) is 3. The molecule has 6 nitrogen and oxygen atoms in total. The van der Waals surface area contributed by atoms with Crippen LogP contribution in [0.15, 0.2) is 38.5 Å². The van der Waals surface area contributed by atoms with Crippen LogP contribution in [0.25, 0.3) is 0 Å². The average Bonchev–Trinajstić information content (AvgIpc) is 2.43. The summed E-state index contributed by atoms with van der Waals surface area (Å²) in [5.41, 5.74) is -0.0130. The number of hydrogen-bond donors (Lipinski definition) is 0. The molecular weight excluding hydrogens is 314 g/mol. The largest absolute Gasteiger partial charge is 0.497 e. The lowest BCUT2D eigenvalue weighted by atomic mass is 10.2. The van der Waals surface area contributed by atoms with Crippen molar-refractivity contribution in [3.05, 3.63) is 55.3 Å². The topological polar surface area (TPSA) is 66.1 Å². The van der Waals surface area contributed by atoms with Crippen LogP contribution in [0.2, 0.25) is 0 Å². The van der Waals surface area contributed by atoms with Crippen molar-refractivity contribution in [3.8, 4) is 5.75 Å². The van der Waals surface area contributed by atoms with Gasteiger partial charge in [-0.1, -0.05) is 12.1 Å². The predicted molar refractivity (Wildman–Crippen MR) is 73.5 cm³/mol. The first-order valence-corrected chi connectivity index (χ1v) is 6.29. The molecule has 0 unspecified atom stereocenters. The van der Waals surface area contributed by atoms with Gasteiger partial charge >= 0.3 is 5.69 Å². The van der Waals surface area contributed by atoms with E-state index in [1.807, 2.05) is 12.1 Å². The zero-order valence-electron chi connectivity index (χ0n) is 10.5. The van der Waals surface area contributed by atoms with Crippen molar-refractivity contribution in [1.82, 2.24) is 14.3 Å². The van der Waals surface area contributed by atoms with Gasteiger partial charge in [0.1, 0.15) is 5.75 Å². The Kier molecular flexibility index (Phi) is 3.84. The average molecular weight is 326 g/mol. The number of benzene rings is 1. The van der Waals surface area contributed by atoms with E-state index in [0.717, 1.165) is 15.9 Å². The maximum atomic E-state index is 11.9. The minimum absolute atomic E-state index is 0.114. The highest BCUT2D eigenvalue weighted by Gasteiger charge is 2.08. The molecule has 0 radical (unpaired) electrons. The minimum Gasteiger partial charge on any atom is -0.497 e. The van der Waals surface area contributed by atoms with Crippen molar-refractivity contribution in [3.63, 3.8) is 0 Å². The molecule has 0 N–H and O–H groups in total. The normalized spacial score (nSPS) is 10.5. The molecule has 0 aliphatic rings. The van der Waals surface area contributed by atoms with E-state index in [1.165, 1.54) is 11.7 Å². The number of rotatable bonds is 3. The lowest BCUT2D eigenvalue weighted by Gasteiger charge is -2.07. The molecular formula is C12H12BrN3O3. The van der Waals surface area contributed by atoms with Crippen LogP contribution in [0.5, 0.6) is 5.75 Å². The van der Waals surface area contributed by atoms with E-state index >= 15 is 0 Å². The van der Waals surface area contributed by atoms with Gasteiger partial charge < -0.3 is 4.74 Å². The maximum Gasteiger partial charge on any atom is 0.347 e. The molecule has 0 bridgehead atoms. The zero-order chi connectivity index (χ0) is 14.0. The van der Waals surface area contributed by atoms with E-state index in [4.69, 9.17) is 4.74 Å². The number of hydrogen-bond acceptors (Lipinski definition) is 4. The summed E-state index contributed by atoms with van der Waals surface area (Å²) in [6, 6.07) is 7.28. The molecule has 19 heavy (non-hydrogen) atoms. The van der Waals surface area contributed by atoms with E-state index < -0.39 is 11.2 Å². The van der Waals surface area contributed by atoms with E-state index in [9.17, 15) is 9.59 Å². The Morgan fingerprint density at radius 1 is 1.26 bits per heavy atom. The van der Waals surface area contributed by atoms with Crippen LogP contribution < -0.4 is 16.0 Å². The summed E-state index contributed by atoms with van der Waals surface area (Å²) in [4.78, 5) is 23.4. The SMILES string of the molecule is COc1ccc(Cn2nc(Br)c(=O)n(C)c2=O)cc1. The van der Waals surface area contributed by atoms with Crippen molar-refractivity contribution < 1.29 is 4.74 Å². The van der Waals surface area contributed by atoms with Crippen LogP contribution >= 0.6 is 15.9 Å². The Hall–Kier alpha value is -1.89. The number of halogens is 1. The molecule has 0 aliphatic heterocycles. The van der Waals surface area contributed by atoms with Crippen LogP contribution in [0, 0.1) is 0 Å². The summed E-state index contributed by atoms with van der Waals surface area (Å²) in [6.07, 6.45) is 0. The molecule has 7 heteroatoms. The Balaban J connectivity index is 2.38. The monoisotopic (exact) mass is 325 g/mol. The van der Waals surface area contributed by atoms with Crippen LogP contribution in [-0.2, 0) is 13.6 Å². The first-order valence-electron chi connectivity index (χ1n) is 5.49. The molecule has 0 saturated carbocycles. The number of ether oxygens (including phenoxy) is 1. The van der Waals surface area contributed by atoms with Crippen molar-refractivity contribution >= 4 is 15.9 Å². The van der Waals surface area contributed by atoms with Gasteiger partial charge in [-0.3, -0.25) is 9.36 Å². The fourth-order valence-corrected chi connectivity index (χ4v) is 2.05. The molecule has 0 fully saturated rings. The van der Waals surface area contributed by atoms with Gasteiger partial charge in [-0.05, 0) is 33.6 Å². The van der Waals surface area contributed by atoms with Gasteiger partial charge in [-0.15, -0.1) is 0 Å². The highest BCUT2D eigenvalue weighted by Crippen LogP contribution is 2.11. The highest BCUT2D eigenvalue weighted by molar-refractivity contribution is 9.10. The molecule has 0 spiro atoms. The van der Waals surface area contributed by atoms with Crippen molar-refractivity contribution in [2.75, 3.05) is 7.11 Å². The number of aromatic nitrogens is 3. The second-order valence-corrected chi connectivity index (χ2v) is 4.69. The first-order chi connectivity index (χ1) is 9.02. The van der Waals surface area contributed by atoms with Gasteiger partial charge in [0.25, 0.3) is 5.56 Å². The smallest absolute Gasteiger partial charge is 0.347 e. The van der Waals surface area contributed by atoms with Crippen molar-refractivity contribution in [2.24, 2.45) is 7.05 Å². The van der Waals surface area contributed by atoms with Gasteiger partial charge in [0.15, 0.2) is 4.60 Å². The van der Waals surface area contributed by atoms with Crippen molar-refractivity contribution in [2.45, 2.75) is 6.54 Å². The molecule has 0 atom stereocenters. The summed E-state index contributed by atoms with van der Waals surface area (Å²) >= 11 is 3.04. The Labute approximate surface area is 117 Å².